The number of furan rings is 1. The van der Waals surface area contributed by atoms with Gasteiger partial charge in [0, 0.05) is 18.6 Å². The number of benzene rings is 2. The van der Waals surface area contributed by atoms with Crippen molar-refractivity contribution in [2.45, 2.75) is 39.0 Å². The molecular formula is C27H34FN3O4. The molecule has 1 aromatic heterocycles. The first kappa shape index (κ1) is 26.2. The molecule has 1 heterocycles. The first-order chi connectivity index (χ1) is 16.7. The largest absolute Gasteiger partial charge is 0.493 e. The van der Waals surface area contributed by atoms with E-state index in [-0.39, 0.29) is 24.9 Å². The minimum Gasteiger partial charge on any atom is -0.493 e. The molecule has 0 unspecified atom stereocenters. The third-order valence-corrected chi connectivity index (χ3v) is 5.30. The summed E-state index contributed by atoms with van der Waals surface area (Å²) < 4.78 is 30.3. The number of methoxy groups -OCH3 is 1. The molecule has 0 aliphatic rings. The van der Waals surface area contributed by atoms with E-state index in [0.717, 1.165) is 16.9 Å². The van der Waals surface area contributed by atoms with Crippen LogP contribution >= 0.6 is 0 Å². The van der Waals surface area contributed by atoms with E-state index in [1.54, 1.807) is 19.4 Å². The normalized spacial score (nSPS) is 11.5. The number of amides is 1. The van der Waals surface area contributed by atoms with Gasteiger partial charge in [-0.2, -0.15) is 0 Å². The Morgan fingerprint density at radius 1 is 1.11 bits per heavy atom. The molecule has 188 valence electrons. The van der Waals surface area contributed by atoms with Gasteiger partial charge in [0.25, 0.3) is 0 Å². The average molecular weight is 484 g/mol. The first-order valence-corrected chi connectivity index (χ1v) is 11.6. The summed E-state index contributed by atoms with van der Waals surface area (Å²) in [4.78, 5) is 14.5. The fraction of sp³-hybridized carbons (Fsp3) is 0.370. The summed E-state index contributed by atoms with van der Waals surface area (Å²) >= 11 is 0. The predicted octanol–water partition coefficient (Wildman–Crippen LogP) is 3.90. The van der Waals surface area contributed by atoms with Crippen molar-refractivity contribution in [3.05, 3.63) is 83.6 Å². The van der Waals surface area contributed by atoms with Gasteiger partial charge in [-0.05, 0) is 67.8 Å². The Labute approximate surface area is 206 Å². The number of nitrogens with one attached hydrogen (secondary N) is 1. The number of carbonyl (C=O) groups excluding carboxylic acids is 1. The highest BCUT2D eigenvalue weighted by Crippen LogP contribution is 2.29. The maximum absolute atomic E-state index is 13.4. The van der Waals surface area contributed by atoms with Gasteiger partial charge in [-0.25, -0.2) is 4.39 Å². The minimum absolute atomic E-state index is 0.0891. The van der Waals surface area contributed by atoms with Crippen molar-refractivity contribution >= 4 is 5.91 Å². The van der Waals surface area contributed by atoms with Crippen molar-refractivity contribution in [2.75, 3.05) is 26.7 Å². The molecule has 0 radical (unpaired) electrons. The number of nitrogens with zero attached hydrogens (tertiary/aromatic N) is 1. The third-order valence-electron chi connectivity index (χ3n) is 5.30. The lowest BCUT2D eigenvalue weighted by atomic mass is 10.1. The van der Waals surface area contributed by atoms with Crippen molar-refractivity contribution in [1.29, 1.82) is 0 Å². The van der Waals surface area contributed by atoms with Crippen LogP contribution in [-0.2, 0) is 24.4 Å². The Balaban J connectivity index is 1.61. The van der Waals surface area contributed by atoms with Gasteiger partial charge in [0.15, 0.2) is 11.5 Å². The summed E-state index contributed by atoms with van der Waals surface area (Å²) in [5.41, 5.74) is 7.27. The zero-order valence-electron chi connectivity index (χ0n) is 20.6. The lowest BCUT2D eigenvalue weighted by molar-refractivity contribution is -0.122. The molecule has 0 bridgehead atoms. The molecule has 0 aliphatic carbocycles. The maximum atomic E-state index is 13.4. The van der Waals surface area contributed by atoms with Gasteiger partial charge in [-0.3, -0.25) is 9.69 Å². The fourth-order valence-electron chi connectivity index (χ4n) is 3.48. The highest BCUT2D eigenvalue weighted by molar-refractivity contribution is 5.78. The Kier molecular flexibility index (Phi) is 9.28. The molecule has 0 fully saturated rings. The number of hydrogen-bond donors (Lipinski definition) is 2. The second-order valence-electron chi connectivity index (χ2n) is 9.21. The molecule has 3 rings (SSSR count). The van der Waals surface area contributed by atoms with E-state index in [1.165, 1.54) is 12.1 Å². The zero-order valence-corrected chi connectivity index (χ0v) is 20.6. The Morgan fingerprint density at radius 2 is 1.94 bits per heavy atom. The van der Waals surface area contributed by atoms with Gasteiger partial charge in [-0.15, -0.1) is 0 Å². The number of carbonyl (C=O) groups is 1. The van der Waals surface area contributed by atoms with Gasteiger partial charge in [0.1, 0.15) is 18.2 Å². The molecule has 8 heteroatoms. The number of ether oxygens (including phenoxy) is 2. The standard InChI is InChI=1S/C27H34FN3O4/c1-27(2,29)19-30-26(32)17-31(16-23-8-5-13-34-23)12-11-20-9-10-24(25(15-20)33-3)35-18-21-6-4-7-22(28)14-21/h4-10,13-15H,11-12,16-19,29H2,1-3H3,(H,30,32). The summed E-state index contributed by atoms with van der Waals surface area (Å²) in [6.07, 6.45) is 2.31. The lowest BCUT2D eigenvalue weighted by Crippen LogP contribution is -2.47. The van der Waals surface area contributed by atoms with E-state index >= 15 is 0 Å². The van der Waals surface area contributed by atoms with Crippen molar-refractivity contribution in [1.82, 2.24) is 10.2 Å². The first-order valence-electron chi connectivity index (χ1n) is 11.6. The average Bonchev–Trinajstić information content (AvgIpc) is 3.33. The molecule has 35 heavy (non-hydrogen) atoms. The highest BCUT2D eigenvalue weighted by Gasteiger charge is 2.17. The Hall–Kier alpha value is -3.36. The van der Waals surface area contributed by atoms with Crippen LogP contribution < -0.4 is 20.5 Å². The van der Waals surface area contributed by atoms with Crippen LogP contribution in [0, 0.1) is 5.82 Å². The van der Waals surface area contributed by atoms with Crippen LogP contribution in [0.25, 0.3) is 0 Å². The lowest BCUT2D eigenvalue weighted by Gasteiger charge is -2.23. The van der Waals surface area contributed by atoms with Crippen LogP contribution in [0.4, 0.5) is 4.39 Å². The Bertz CT molecular complexity index is 1080. The third kappa shape index (κ3) is 9.07. The predicted molar refractivity (Wildman–Crippen MR) is 133 cm³/mol. The number of hydrogen-bond acceptors (Lipinski definition) is 6. The smallest absolute Gasteiger partial charge is 0.234 e. The molecule has 0 saturated heterocycles. The van der Waals surface area contributed by atoms with Crippen LogP contribution in [-0.4, -0.2) is 43.1 Å². The van der Waals surface area contributed by atoms with E-state index in [2.05, 4.69) is 5.32 Å². The summed E-state index contributed by atoms with van der Waals surface area (Å²) in [5, 5.41) is 2.89. The van der Waals surface area contributed by atoms with Crippen molar-refractivity contribution in [3.63, 3.8) is 0 Å². The summed E-state index contributed by atoms with van der Waals surface area (Å²) in [6.45, 7) is 5.74. The number of halogens is 1. The quantitative estimate of drug-likeness (QED) is 0.383. The van der Waals surface area contributed by atoms with Crippen LogP contribution in [0.15, 0.2) is 65.3 Å². The van der Waals surface area contributed by atoms with Crippen molar-refractivity contribution in [2.24, 2.45) is 5.73 Å². The van der Waals surface area contributed by atoms with E-state index in [0.29, 0.717) is 37.6 Å². The van der Waals surface area contributed by atoms with Gasteiger partial charge in [0.2, 0.25) is 5.91 Å². The van der Waals surface area contributed by atoms with Crippen LogP contribution in [0.2, 0.25) is 0 Å². The second-order valence-corrected chi connectivity index (χ2v) is 9.21. The van der Waals surface area contributed by atoms with E-state index in [9.17, 15) is 9.18 Å². The fourth-order valence-corrected chi connectivity index (χ4v) is 3.48. The van der Waals surface area contributed by atoms with Gasteiger partial charge in [0.05, 0.1) is 26.5 Å². The van der Waals surface area contributed by atoms with Crippen molar-refractivity contribution in [3.8, 4) is 11.5 Å². The molecule has 0 atom stereocenters. The van der Waals surface area contributed by atoms with Gasteiger partial charge >= 0.3 is 0 Å². The minimum atomic E-state index is -0.476. The molecule has 7 nitrogen and oxygen atoms in total. The van der Waals surface area contributed by atoms with E-state index < -0.39 is 5.54 Å². The molecule has 1 amide bonds. The summed E-state index contributed by atoms with van der Waals surface area (Å²) in [5.74, 6) is 1.58. The molecule has 0 spiro atoms. The molecule has 2 aromatic carbocycles. The van der Waals surface area contributed by atoms with Crippen LogP contribution in [0.5, 0.6) is 11.5 Å². The van der Waals surface area contributed by atoms with Crippen molar-refractivity contribution < 1.29 is 23.1 Å². The van der Waals surface area contributed by atoms with E-state index in [1.807, 2.05) is 55.1 Å². The summed E-state index contributed by atoms with van der Waals surface area (Å²) in [7, 11) is 1.58. The zero-order chi connectivity index (χ0) is 25.3. The molecule has 0 saturated carbocycles. The molecule has 3 aromatic rings. The van der Waals surface area contributed by atoms with Crippen LogP contribution in [0.1, 0.15) is 30.7 Å². The Morgan fingerprint density at radius 3 is 2.63 bits per heavy atom. The number of rotatable bonds is 13. The molecule has 0 aliphatic heterocycles. The monoisotopic (exact) mass is 483 g/mol. The topological polar surface area (TPSA) is 90.0 Å². The van der Waals surface area contributed by atoms with Gasteiger partial charge < -0.3 is 24.9 Å². The second kappa shape index (κ2) is 12.4. The SMILES string of the molecule is COc1cc(CCN(CC(=O)NCC(C)(C)N)Cc2ccco2)ccc1OCc1cccc(F)c1. The number of nitrogens with two attached hydrogens (primary N) is 1. The molecular weight excluding hydrogens is 449 g/mol. The highest BCUT2D eigenvalue weighted by atomic mass is 19.1. The molecule has 3 N–H and O–H groups in total. The van der Waals surface area contributed by atoms with E-state index in [4.69, 9.17) is 19.6 Å². The van der Waals surface area contributed by atoms with Gasteiger partial charge in [-0.1, -0.05) is 18.2 Å². The summed E-state index contributed by atoms with van der Waals surface area (Å²) in [6, 6.07) is 15.8. The maximum Gasteiger partial charge on any atom is 0.234 e. The van der Waals surface area contributed by atoms with Crippen LogP contribution in [0.3, 0.4) is 0 Å².